The lowest BCUT2D eigenvalue weighted by Crippen LogP contribution is -2.44. The highest BCUT2D eigenvalue weighted by molar-refractivity contribution is 6.35. The SMILES string of the molecule is Cn1nc(CNC(=O)N2CCC[C@H]2Cn2cccn2)c2c(Cl)cccc21. The van der Waals surface area contributed by atoms with E-state index in [-0.39, 0.29) is 12.1 Å². The van der Waals surface area contributed by atoms with Crippen LogP contribution < -0.4 is 5.32 Å². The van der Waals surface area contributed by atoms with E-state index in [0.29, 0.717) is 11.6 Å². The summed E-state index contributed by atoms with van der Waals surface area (Å²) in [6, 6.07) is 7.72. The maximum absolute atomic E-state index is 12.7. The number of nitrogens with one attached hydrogen (secondary N) is 1. The largest absolute Gasteiger partial charge is 0.332 e. The van der Waals surface area contributed by atoms with Crippen LogP contribution in [-0.4, -0.2) is 43.1 Å². The number of hydrogen-bond acceptors (Lipinski definition) is 3. The number of halogens is 1. The van der Waals surface area contributed by atoms with E-state index in [1.807, 2.05) is 47.1 Å². The van der Waals surface area contributed by atoms with Crippen LogP contribution in [0.25, 0.3) is 10.9 Å². The molecule has 1 aliphatic heterocycles. The summed E-state index contributed by atoms with van der Waals surface area (Å²) in [7, 11) is 1.88. The molecule has 1 saturated heterocycles. The molecular formula is C18H21ClN6O. The van der Waals surface area contributed by atoms with Crippen molar-refractivity contribution in [2.45, 2.75) is 32.0 Å². The van der Waals surface area contributed by atoms with Gasteiger partial charge in [-0.3, -0.25) is 9.36 Å². The fourth-order valence-corrected chi connectivity index (χ4v) is 3.93. The normalized spacial score (nSPS) is 17.2. The van der Waals surface area contributed by atoms with Gasteiger partial charge in [0.05, 0.1) is 35.4 Å². The summed E-state index contributed by atoms with van der Waals surface area (Å²) in [6.45, 7) is 1.84. The Kier molecular flexibility index (Phi) is 4.55. The number of hydrogen-bond donors (Lipinski definition) is 1. The van der Waals surface area contributed by atoms with Crippen molar-refractivity contribution in [3.05, 3.63) is 47.4 Å². The first kappa shape index (κ1) is 16.9. The van der Waals surface area contributed by atoms with E-state index in [4.69, 9.17) is 11.6 Å². The molecule has 2 aromatic heterocycles. The highest BCUT2D eigenvalue weighted by atomic mass is 35.5. The van der Waals surface area contributed by atoms with E-state index in [1.165, 1.54) is 0 Å². The molecule has 136 valence electrons. The molecule has 0 radical (unpaired) electrons. The van der Waals surface area contributed by atoms with Crippen molar-refractivity contribution in [1.29, 1.82) is 0 Å². The Hall–Kier alpha value is -2.54. The van der Waals surface area contributed by atoms with Crippen LogP contribution in [0.3, 0.4) is 0 Å². The Morgan fingerprint density at radius 3 is 3.08 bits per heavy atom. The number of carbonyl (C=O) groups is 1. The minimum Gasteiger partial charge on any atom is -0.332 e. The van der Waals surface area contributed by atoms with Gasteiger partial charge >= 0.3 is 6.03 Å². The van der Waals surface area contributed by atoms with Crippen molar-refractivity contribution in [3.8, 4) is 0 Å². The number of rotatable bonds is 4. The Morgan fingerprint density at radius 1 is 1.38 bits per heavy atom. The standard InChI is InChI=1S/C18H21ClN6O/c1-23-16-7-2-6-14(19)17(16)15(22-23)11-20-18(26)25-10-3-5-13(25)12-24-9-4-8-21-24/h2,4,6-9,13H,3,5,10-12H2,1H3,(H,20,26)/t13-/m0/s1. The Balaban J connectivity index is 1.45. The minimum atomic E-state index is -0.0643. The summed E-state index contributed by atoms with van der Waals surface area (Å²) in [5.74, 6) is 0. The summed E-state index contributed by atoms with van der Waals surface area (Å²) in [5, 5.41) is 13.3. The quantitative estimate of drug-likeness (QED) is 0.765. The van der Waals surface area contributed by atoms with E-state index in [2.05, 4.69) is 15.5 Å². The van der Waals surface area contributed by atoms with Gasteiger partial charge in [0, 0.05) is 31.4 Å². The molecule has 1 N–H and O–H groups in total. The maximum atomic E-state index is 12.7. The van der Waals surface area contributed by atoms with Crippen LogP contribution in [0.5, 0.6) is 0 Å². The summed E-state index contributed by atoms with van der Waals surface area (Å²) >= 11 is 6.33. The summed E-state index contributed by atoms with van der Waals surface area (Å²) in [4.78, 5) is 14.6. The molecule has 8 heteroatoms. The topological polar surface area (TPSA) is 68.0 Å². The van der Waals surface area contributed by atoms with Crippen molar-refractivity contribution in [2.75, 3.05) is 6.54 Å². The zero-order valence-electron chi connectivity index (χ0n) is 14.6. The van der Waals surface area contributed by atoms with Crippen LogP contribution in [0.4, 0.5) is 4.79 Å². The van der Waals surface area contributed by atoms with Gasteiger partial charge in [0.25, 0.3) is 0 Å². The summed E-state index contributed by atoms with van der Waals surface area (Å²) < 4.78 is 3.67. The monoisotopic (exact) mass is 372 g/mol. The molecule has 2 amide bonds. The fourth-order valence-electron chi connectivity index (χ4n) is 3.65. The minimum absolute atomic E-state index is 0.0643. The number of aryl methyl sites for hydroxylation is 1. The Bertz CT molecular complexity index is 919. The van der Waals surface area contributed by atoms with Crippen LogP contribution in [-0.2, 0) is 20.1 Å². The zero-order chi connectivity index (χ0) is 18.1. The first-order valence-electron chi connectivity index (χ1n) is 8.75. The van der Waals surface area contributed by atoms with Gasteiger partial charge in [-0.1, -0.05) is 17.7 Å². The van der Waals surface area contributed by atoms with Crippen molar-refractivity contribution < 1.29 is 4.79 Å². The molecule has 0 spiro atoms. The van der Waals surface area contributed by atoms with Gasteiger partial charge in [0.1, 0.15) is 0 Å². The number of likely N-dealkylation sites (tertiary alicyclic amines) is 1. The number of urea groups is 1. The van der Waals surface area contributed by atoms with Crippen LogP contribution in [0.15, 0.2) is 36.7 Å². The maximum Gasteiger partial charge on any atom is 0.318 e. The number of carbonyl (C=O) groups excluding carboxylic acids is 1. The van der Waals surface area contributed by atoms with Crippen LogP contribution in [0.2, 0.25) is 5.02 Å². The smallest absolute Gasteiger partial charge is 0.318 e. The first-order valence-corrected chi connectivity index (χ1v) is 9.13. The highest BCUT2D eigenvalue weighted by Gasteiger charge is 2.29. The summed E-state index contributed by atoms with van der Waals surface area (Å²) in [6.07, 6.45) is 5.69. The van der Waals surface area contributed by atoms with Crippen LogP contribution in [0.1, 0.15) is 18.5 Å². The molecular weight excluding hydrogens is 352 g/mol. The van der Waals surface area contributed by atoms with Crippen molar-refractivity contribution >= 4 is 28.5 Å². The van der Waals surface area contributed by atoms with Crippen LogP contribution in [0, 0.1) is 0 Å². The van der Waals surface area contributed by atoms with Gasteiger partial charge in [0.2, 0.25) is 0 Å². The van der Waals surface area contributed by atoms with Gasteiger partial charge in [-0.2, -0.15) is 10.2 Å². The average molecular weight is 373 g/mol. The van der Waals surface area contributed by atoms with E-state index < -0.39 is 0 Å². The van der Waals surface area contributed by atoms with Crippen molar-refractivity contribution in [2.24, 2.45) is 7.05 Å². The molecule has 0 bridgehead atoms. The predicted octanol–water partition coefficient (Wildman–Crippen LogP) is 2.80. The fraction of sp³-hybridized carbons (Fsp3) is 0.389. The predicted molar refractivity (Wildman–Crippen MR) is 99.9 cm³/mol. The summed E-state index contributed by atoms with van der Waals surface area (Å²) in [5.41, 5.74) is 1.74. The molecule has 0 aliphatic carbocycles. The molecule has 3 heterocycles. The van der Waals surface area contributed by atoms with E-state index in [1.54, 1.807) is 10.9 Å². The lowest BCUT2D eigenvalue weighted by atomic mass is 10.2. The average Bonchev–Trinajstić information content (AvgIpc) is 3.35. The third-order valence-corrected chi connectivity index (χ3v) is 5.22. The molecule has 0 unspecified atom stereocenters. The van der Waals surface area contributed by atoms with Gasteiger partial charge in [0.15, 0.2) is 0 Å². The van der Waals surface area contributed by atoms with E-state index >= 15 is 0 Å². The molecule has 1 aliphatic rings. The van der Waals surface area contributed by atoms with E-state index in [0.717, 1.165) is 42.5 Å². The third kappa shape index (κ3) is 3.14. The zero-order valence-corrected chi connectivity index (χ0v) is 15.4. The number of fused-ring (bicyclic) bond motifs is 1. The number of benzene rings is 1. The third-order valence-electron chi connectivity index (χ3n) is 4.90. The van der Waals surface area contributed by atoms with Gasteiger partial charge in [-0.25, -0.2) is 4.79 Å². The molecule has 26 heavy (non-hydrogen) atoms. The van der Waals surface area contributed by atoms with Gasteiger partial charge in [-0.05, 0) is 31.0 Å². The van der Waals surface area contributed by atoms with Gasteiger partial charge < -0.3 is 10.2 Å². The molecule has 3 aromatic rings. The highest BCUT2D eigenvalue weighted by Crippen LogP contribution is 2.26. The van der Waals surface area contributed by atoms with Crippen molar-refractivity contribution in [1.82, 2.24) is 29.8 Å². The molecule has 1 atom stereocenters. The molecule has 4 rings (SSSR count). The lowest BCUT2D eigenvalue weighted by molar-refractivity contribution is 0.185. The first-order chi connectivity index (χ1) is 12.6. The van der Waals surface area contributed by atoms with E-state index in [9.17, 15) is 4.79 Å². The molecule has 1 fully saturated rings. The lowest BCUT2D eigenvalue weighted by Gasteiger charge is -2.24. The van der Waals surface area contributed by atoms with Crippen molar-refractivity contribution in [3.63, 3.8) is 0 Å². The second kappa shape index (κ2) is 6.99. The van der Waals surface area contributed by atoms with Gasteiger partial charge in [-0.15, -0.1) is 0 Å². The molecule has 7 nitrogen and oxygen atoms in total. The second-order valence-electron chi connectivity index (χ2n) is 6.58. The second-order valence-corrected chi connectivity index (χ2v) is 6.99. The Morgan fingerprint density at radius 2 is 2.27 bits per heavy atom. The van der Waals surface area contributed by atoms with Crippen LogP contribution >= 0.6 is 11.6 Å². The Labute approximate surface area is 156 Å². The number of nitrogens with zero attached hydrogens (tertiary/aromatic N) is 5. The molecule has 1 aromatic carbocycles. The number of amides is 2. The molecule has 0 saturated carbocycles. The number of aromatic nitrogens is 4.